The summed E-state index contributed by atoms with van der Waals surface area (Å²) in [5.74, 6) is 1.76. The Labute approximate surface area is 345 Å². The Morgan fingerprint density at radius 3 is 0.983 bits per heavy atom. The lowest BCUT2D eigenvalue weighted by Gasteiger charge is -2.41. The van der Waals surface area contributed by atoms with Gasteiger partial charge in [-0.1, -0.05) is 177 Å². The summed E-state index contributed by atoms with van der Waals surface area (Å²) in [6.07, 6.45) is 0. The number of hydrogen-bond donors (Lipinski definition) is 0. The van der Waals surface area contributed by atoms with Gasteiger partial charge in [-0.3, -0.25) is 0 Å². The maximum absolute atomic E-state index is 2.56. The van der Waals surface area contributed by atoms with Gasteiger partial charge >= 0.3 is 0 Å². The van der Waals surface area contributed by atoms with Crippen molar-refractivity contribution >= 4 is 21.5 Å². The van der Waals surface area contributed by atoms with E-state index in [4.69, 9.17) is 0 Å². The molecule has 0 fully saturated rings. The van der Waals surface area contributed by atoms with Crippen LogP contribution in [0.15, 0.2) is 158 Å². The lowest BCUT2D eigenvalue weighted by molar-refractivity contribution is 0.280. The van der Waals surface area contributed by atoms with Crippen LogP contribution in [-0.4, -0.2) is 0 Å². The quantitative estimate of drug-likeness (QED) is 0.152. The van der Waals surface area contributed by atoms with Crippen LogP contribution in [0.25, 0.3) is 77.2 Å². The van der Waals surface area contributed by atoms with E-state index in [0.29, 0.717) is 23.7 Å². The van der Waals surface area contributed by atoms with E-state index in [1.165, 1.54) is 99.4 Å². The summed E-state index contributed by atoms with van der Waals surface area (Å²) in [5.41, 5.74) is 19.1. The van der Waals surface area contributed by atoms with Gasteiger partial charge < -0.3 is 0 Å². The Bertz CT molecular complexity index is 2900. The zero-order valence-electron chi connectivity index (χ0n) is 35.3. The Kier molecular flexibility index (Phi) is 8.47. The second-order valence-corrected chi connectivity index (χ2v) is 18.5. The average molecular weight is 751 g/mol. The van der Waals surface area contributed by atoms with Crippen molar-refractivity contribution in [2.45, 2.75) is 66.2 Å². The molecule has 0 aromatic heterocycles. The van der Waals surface area contributed by atoms with Crippen molar-refractivity contribution < 1.29 is 0 Å². The van der Waals surface area contributed by atoms with Gasteiger partial charge in [0, 0.05) is 10.8 Å². The zero-order valence-corrected chi connectivity index (χ0v) is 35.3. The summed E-state index contributed by atoms with van der Waals surface area (Å²) in [7, 11) is 0. The molecule has 0 spiro atoms. The molecule has 0 atom stereocenters. The van der Waals surface area contributed by atoms with Crippen molar-refractivity contribution in [3.8, 4) is 55.6 Å². The van der Waals surface area contributed by atoms with E-state index in [2.05, 4.69) is 213 Å². The monoisotopic (exact) mass is 750 g/mol. The molecule has 0 nitrogen and oxygen atoms in total. The first-order valence-electron chi connectivity index (χ1n) is 21.6. The molecule has 0 bridgehead atoms. The molecule has 8 aromatic carbocycles. The van der Waals surface area contributed by atoms with Gasteiger partial charge in [0.15, 0.2) is 0 Å². The van der Waals surface area contributed by atoms with Crippen LogP contribution < -0.4 is 0 Å². The molecule has 8 aromatic rings. The van der Waals surface area contributed by atoms with Crippen LogP contribution >= 0.6 is 0 Å². The molecule has 2 aliphatic rings. The van der Waals surface area contributed by atoms with Gasteiger partial charge in [-0.15, -0.1) is 0 Å². The molecule has 0 unspecified atom stereocenters. The Morgan fingerprint density at radius 1 is 0.259 bits per heavy atom. The highest BCUT2D eigenvalue weighted by Gasteiger charge is 2.49. The van der Waals surface area contributed by atoms with E-state index in [-0.39, 0.29) is 10.8 Å². The molecule has 0 saturated carbocycles. The standard InChI is InChI=1S/C58H54/c1-35(2)57(36(3)4)53-16-12-11-15-49(53)50-26-24-47(33-54(50)57)48-25-28-52-51-27-23-46(32-55(51)58(37(5)6,38(7)8)56(52)34-48)45-22-21-43-30-42(19-20-44(43)31-45)41-18-17-39-13-9-10-14-40(39)29-41/h9-38H,1-8H3. The number of hydrogen-bond acceptors (Lipinski definition) is 0. The lowest BCUT2D eigenvalue weighted by Crippen LogP contribution is -2.37. The van der Waals surface area contributed by atoms with Gasteiger partial charge in [0.05, 0.1) is 0 Å². The number of benzene rings is 8. The summed E-state index contributed by atoms with van der Waals surface area (Å²) in [4.78, 5) is 0. The van der Waals surface area contributed by atoms with Crippen LogP contribution in [0.3, 0.4) is 0 Å². The first kappa shape index (κ1) is 36.6. The van der Waals surface area contributed by atoms with Crippen molar-refractivity contribution in [3.05, 3.63) is 180 Å². The molecule has 0 aliphatic heterocycles. The Balaban J connectivity index is 1.05. The van der Waals surface area contributed by atoms with Crippen molar-refractivity contribution in [1.82, 2.24) is 0 Å². The second kappa shape index (κ2) is 13.4. The molecule has 0 saturated heterocycles. The van der Waals surface area contributed by atoms with E-state index >= 15 is 0 Å². The predicted octanol–water partition coefficient (Wildman–Crippen LogP) is 16.2. The third kappa shape index (κ3) is 5.13. The number of rotatable bonds is 7. The van der Waals surface area contributed by atoms with Gasteiger partial charge in [0.1, 0.15) is 0 Å². The SMILES string of the molecule is CC(C)C1(C(C)C)c2ccccc2-c2ccc(-c3ccc4c(c3)C(C(C)C)(C(C)C)c3cc(-c5ccc6cc(-c7ccc8ccccc8c7)ccc6c5)ccc3-4)cc21. The first-order valence-corrected chi connectivity index (χ1v) is 21.6. The maximum atomic E-state index is 2.56. The molecule has 0 radical (unpaired) electrons. The predicted molar refractivity (Wildman–Crippen MR) is 250 cm³/mol. The van der Waals surface area contributed by atoms with Crippen LogP contribution in [-0.2, 0) is 10.8 Å². The van der Waals surface area contributed by atoms with Crippen LogP contribution in [0, 0.1) is 23.7 Å². The van der Waals surface area contributed by atoms with Crippen LogP contribution in [0.2, 0.25) is 0 Å². The zero-order chi connectivity index (χ0) is 40.1. The Hall–Kier alpha value is -5.72. The highest BCUT2D eigenvalue weighted by atomic mass is 14.5. The fourth-order valence-corrected chi connectivity index (χ4v) is 12.1. The minimum absolute atomic E-state index is 0.0206. The smallest absolute Gasteiger partial charge is 0.0261 e. The van der Waals surface area contributed by atoms with Crippen LogP contribution in [0.4, 0.5) is 0 Å². The van der Waals surface area contributed by atoms with Crippen molar-refractivity contribution in [3.63, 3.8) is 0 Å². The molecule has 0 heterocycles. The van der Waals surface area contributed by atoms with Gasteiger partial charge in [-0.05, 0) is 160 Å². The van der Waals surface area contributed by atoms with Gasteiger partial charge in [0.2, 0.25) is 0 Å². The first-order chi connectivity index (χ1) is 28.0. The fraction of sp³-hybridized carbons (Fsp3) is 0.241. The molecule has 0 amide bonds. The van der Waals surface area contributed by atoms with Crippen molar-refractivity contribution in [2.75, 3.05) is 0 Å². The van der Waals surface area contributed by atoms with Crippen LogP contribution in [0.5, 0.6) is 0 Å². The Morgan fingerprint density at radius 2 is 0.552 bits per heavy atom. The largest absolute Gasteiger partial charge is 0.0619 e. The second-order valence-electron chi connectivity index (χ2n) is 18.5. The third-order valence-electron chi connectivity index (χ3n) is 14.6. The summed E-state index contributed by atoms with van der Waals surface area (Å²) < 4.78 is 0. The maximum Gasteiger partial charge on any atom is 0.0261 e. The van der Waals surface area contributed by atoms with E-state index in [1.807, 2.05) is 0 Å². The van der Waals surface area contributed by atoms with Gasteiger partial charge in [-0.25, -0.2) is 0 Å². The number of fused-ring (bicyclic) bond motifs is 8. The minimum atomic E-state index is -0.116. The van der Waals surface area contributed by atoms with Crippen LogP contribution in [0.1, 0.15) is 77.6 Å². The van der Waals surface area contributed by atoms with E-state index in [0.717, 1.165) is 0 Å². The molecular formula is C58H54. The molecule has 2 aliphatic carbocycles. The highest BCUT2D eigenvalue weighted by molar-refractivity contribution is 5.94. The van der Waals surface area contributed by atoms with Crippen molar-refractivity contribution in [1.29, 1.82) is 0 Å². The molecule has 0 heteroatoms. The van der Waals surface area contributed by atoms with E-state index in [1.54, 1.807) is 0 Å². The normalized spacial score (nSPS) is 14.8. The lowest BCUT2D eigenvalue weighted by atomic mass is 9.62. The molecule has 10 rings (SSSR count). The molecule has 286 valence electrons. The fourth-order valence-electron chi connectivity index (χ4n) is 12.1. The average Bonchev–Trinajstić information content (AvgIpc) is 3.71. The molecule has 0 N–H and O–H groups in total. The minimum Gasteiger partial charge on any atom is -0.0619 e. The van der Waals surface area contributed by atoms with E-state index < -0.39 is 0 Å². The molecule has 58 heavy (non-hydrogen) atoms. The van der Waals surface area contributed by atoms with Gasteiger partial charge in [0.25, 0.3) is 0 Å². The third-order valence-corrected chi connectivity index (χ3v) is 14.6. The summed E-state index contributed by atoms with van der Waals surface area (Å²) in [6, 6.07) is 60.5. The molecular weight excluding hydrogens is 697 g/mol. The van der Waals surface area contributed by atoms with Gasteiger partial charge in [-0.2, -0.15) is 0 Å². The highest BCUT2D eigenvalue weighted by Crippen LogP contribution is 2.59. The summed E-state index contributed by atoms with van der Waals surface area (Å²) in [6.45, 7) is 19.4. The summed E-state index contributed by atoms with van der Waals surface area (Å²) >= 11 is 0. The van der Waals surface area contributed by atoms with Crippen molar-refractivity contribution in [2.24, 2.45) is 23.7 Å². The topological polar surface area (TPSA) is 0 Å². The summed E-state index contributed by atoms with van der Waals surface area (Å²) in [5, 5.41) is 5.09. The van der Waals surface area contributed by atoms with E-state index in [9.17, 15) is 0 Å².